The van der Waals surface area contributed by atoms with Crippen molar-refractivity contribution in [3.05, 3.63) is 0 Å². The van der Waals surface area contributed by atoms with Gasteiger partial charge in [0.25, 0.3) is 0 Å². The molecule has 52 valence electrons. The molecule has 0 rings (SSSR count). The lowest BCUT2D eigenvalue weighted by atomic mass is 16.0. The second kappa shape index (κ2) is 720. The van der Waals surface area contributed by atoms with Crippen molar-refractivity contribution < 1.29 is 32.9 Å². The van der Waals surface area contributed by atoms with E-state index in [9.17, 15) is 0 Å². The van der Waals surface area contributed by atoms with Gasteiger partial charge in [0.05, 0.1) is 0 Å². The van der Waals surface area contributed by atoms with Gasteiger partial charge in [-0.3, -0.25) is 0 Å². The zero-order valence-corrected chi connectivity index (χ0v) is 3.00. The summed E-state index contributed by atoms with van der Waals surface area (Å²) >= 11 is 0. The first-order chi connectivity index (χ1) is 0. The fourth-order valence-electron chi connectivity index (χ4n) is 0. The van der Waals surface area contributed by atoms with Gasteiger partial charge in [0.2, 0.25) is 0 Å². The maximum Gasteiger partial charge on any atom is 0.316 e. The van der Waals surface area contributed by atoms with Crippen LogP contribution in [0.3, 0.4) is 0 Å². The van der Waals surface area contributed by atoms with Crippen molar-refractivity contribution in [1.82, 2.24) is 0 Å². The van der Waals surface area contributed by atoms with E-state index >= 15 is 0 Å². The molecule has 0 atom stereocenters. The molecule has 0 aliphatic rings. The van der Waals surface area contributed by atoms with Gasteiger partial charge in [0, 0.05) is 0 Å². The van der Waals surface area contributed by atoms with Crippen molar-refractivity contribution >= 4 is 23.1 Å². The Morgan fingerprint density at radius 3 is 0.286 bits per heavy atom. The van der Waals surface area contributed by atoms with Gasteiger partial charge in [-0.05, 0) is 0 Å². The first-order valence-electron chi connectivity index (χ1n) is 0. The third-order valence-electron chi connectivity index (χ3n) is 0. The third kappa shape index (κ3) is 483. The van der Waals surface area contributed by atoms with E-state index in [0.717, 1.165) is 0 Å². The second-order valence-corrected chi connectivity index (χ2v) is 0. The highest BCUT2D eigenvalue weighted by atomic mass is 24.3. The lowest BCUT2D eigenvalue weighted by molar-refractivity contribution is 0.823. The molecule has 0 aromatic carbocycles. The van der Waals surface area contributed by atoms with Crippen molar-refractivity contribution in [1.29, 1.82) is 0 Å². The molecule has 0 amide bonds. The van der Waals surface area contributed by atoms with Crippen molar-refractivity contribution in [3.8, 4) is 0 Å². The predicted molar refractivity (Wildman–Crippen MR) is 30.2 cm³/mol. The molecular weight excluding hydrogens is 120 g/mol. The number of rotatable bonds is 0. The Balaban J connectivity index is 0. The van der Waals surface area contributed by atoms with E-state index in [1.165, 1.54) is 0 Å². The van der Waals surface area contributed by atoms with Crippen molar-refractivity contribution in [3.63, 3.8) is 0 Å². The first-order valence-corrected chi connectivity index (χ1v) is 0. The average Bonchev–Trinajstić information content (AvgIpc) is 0. The lowest BCUT2D eigenvalue weighted by Gasteiger charge is -0.413. The summed E-state index contributed by atoms with van der Waals surface area (Å²) in [5.41, 5.74) is 0. The van der Waals surface area contributed by atoms with Crippen LogP contribution in [0.4, 0.5) is 0 Å². The van der Waals surface area contributed by atoms with Gasteiger partial charge in [-0.25, -0.2) is 0 Å². The standard InChI is InChI=1S/Mg.6H2O.2H/h;6*1H2;;. The maximum atomic E-state index is 0. The van der Waals surface area contributed by atoms with Crippen LogP contribution in [0, 0.1) is 0 Å². The zero-order valence-electron chi connectivity index (χ0n) is 3.00. The first kappa shape index (κ1) is 1160. The van der Waals surface area contributed by atoms with Crippen molar-refractivity contribution in [2.75, 3.05) is 0 Å². The van der Waals surface area contributed by atoms with Crippen molar-refractivity contribution in [2.24, 2.45) is 0 Å². The molecule has 0 spiro atoms. The summed E-state index contributed by atoms with van der Waals surface area (Å²) in [6, 6.07) is 0. The molecule has 0 heterocycles. The molecule has 0 unspecified atom stereocenters. The second-order valence-electron chi connectivity index (χ2n) is 0. The summed E-state index contributed by atoms with van der Waals surface area (Å²) < 4.78 is 0. The Bertz CT molecular complexity index is 4.14. The van der Waals surface area contributed by atoms with Crippen LogP contribution >= 0.6 is 0 Å². The smallest absolute Gasteiger partial charge is 0.316 e. The van der Waals surface area contributed by atoms with E-state index in [4.69, 9.17) is 0 Å². The molecule has 0 aliphatic heterocycles. The third-order valence-corrected chi connectivity index (χ3v) is 0. The topological polar surface area (TPSA) is 189 Å². The number of hydrogen-bond donors (Lipinski definition) is 0. The van der Waals surface area contributed by atoms with E-state index in [-0.39, 0.29) is 55.9 Å². The fraction of sp³-hybridized carbons (Fsp3) is 0. The van der Waals surface area contributed by atoms with Gasteiger partial charge in [-0.2, -0.15) is 0 Å². The van der Waals surface area contributed by atoms with E-state index in [1.54, 1.807) is 0 Å². The number of hydrogen-bond acceptors (Lipinski definition) is 0. The minimum atomic E-state index is 0. The Morgan fingerprint density at radius 2 is 0.286 bits per heavy atom. The molecule has 0 aliphatic carbocycles. The molecule has 6 nitrogen and oxygen atoms in total. The Morgan fingerprint density at radius 1 is 0.286 bits per heavy atom. The quantitative estimate of drug-likeness (QED) is 0.285. The molecule has 7 heavy (non-hydrogen) atoms. The van der Waals surface area contributed by atoms with Crippen molar-refractivity contribution in [2.45, 2.75) is 0 Å². The highest BCUT2D eigenvalue weighted by Gasteiger charge is 0.316. The van der Waals surface area contributed by atoms with Gasteiger partial charge in [-0.15, -0.1) is 0 Å². The maximum absolute atomic E-state index is 0. The van der Waals surface area contributed by atoms with E-state index in [2.05, 4.69) is 0 Å². The molecular formula is H14MgO6. The van der Waals surface area contributed by atoms with Gasteiger partial charge in [0.1, 0.15) is 0 Å². The monoisotopic (exact) mass is 134 g/mol. The van der Waals surface area contributed by atoms with Gasteiger partial charge in [0.15, 0.2) is 0 Å². The molecule has 0 saturated heterocycles. The van der Waals surface area contributed by atoms with E-state index in [1.807, 2.05) is 0 Å². The lowest BCUT2D eigenvalue weighted by Crippen LogP contribution is -0.381. The van der Waals surface area contributed by atoms with E-state index in [0.29, 0.717) is 0 Å². The molecule has 0 radical (unpaired) electrons. The fourth-order valence-corrected chi connectivity index (χ4v) is 0. The molecule has 0 aromatic rings. The minimum Gasteiger partial charge on any atom is -0.412 e. The molecule has 12 N–H and O–H groups in total. The van der Waals surface area contributed by atoms with Gasteiger partial charge < -0.3 is 32.9 Å². The molecule has 7 heteroatoms. The van der Waals surface area contributed by atoms with Crippen LogP contribution in [0.25, 0.3) is 0 Å². The largest absolute Gasteiger partial charge is 0.412 e. The average molecular weight is 134 g/mol. The molecule has 0 aromatic heterocycles. The molecule has 0 bridgehead atoms. The molecule has 0 fully saturated rings. The summed E-state index contributed by atoms with van der Waals surface area (Å²) in [7, 11) is 0. The van der Waals surface area contributed by atoms with Crippen LogP contribution in [0.1, 0.15) is 0 Å². The summed E-state index contributed by atoms with van der Waals surface area (Å²) in [6.45, 7) is 0. The van der Waals surface area contributed by atoms with Crippen LogP contribution in [0.2, 0.25) is 0 Å². The zero-order chi connectivity index (χ0) is 0. The van der Waals surface area contributed by atoms with Crippen LogP contribution in [0.15, 0.2) is 0 Å². The van der Waals surface area contributed by atoms with Crippen LogP contribution in [0.5, 0.6) is 0 Å². The van der Waals surface area contributed by atoms with Gasteiger partial charge in [-0.1, -0.05) is 0 Å². The highest BCUT2D eigenvalue weighted by Crippen LogP contribution is -0.284. The Labute approximate surface area is 56.5 Å². The predicted octanol–water partition coefficient (Wildman–Crippen LogP) is -5.86. The van der Waals surface area contributed by atoms with Crippen LogP contribution in [-0.4, -0.2) is 55.9 Å². The molecule has 0 saturated carbocycles. The Kier molecular flexibility index (Phi) is 119000. The normalized spacial score (nSPS) is 0. The highest BCUT2D eigenvalue weighted by molar-refractivity contribution is 5.75. The van der Waals surface area contributed by atoms with Crippen LogP contribution < -0.4 is 0 Å². The van der Waals surface area contributed by atoms with Gasteiger partial charge >= 0.3 is 23.1 Å². The van der Waals surface area contributed by atoms with Crippen LogP contribution in [-0.2, 0) is 0 Å². The summed E-state index contributed by atoms with van der Waals surface area (Å²) in [6.07, 6.45) is 0. The Hall–Kier alpha value is 0.526. The van der Waals surface area contributed by atoms with E-state index < -0.39 is 0 Å². The summed E-state index contributed by atoms with van der Waals surface area (Å²) in [4.78, 5) is 0. The summed E-state index contributed by atoms with van der Waals surface area (Å²) in [5, 5.41) is 0. The minimum absolute atomic E-state index is 0. The SMILES string of the molecule is O.O.O.O.O.O.[MgH2]. The summed E-state index contributed by atoms with van der Waals surface area (Å²) in [5.74, 6) is 0.